The number of hydrogen-bond acceptors (Lipinski definition) is 2. The fourth-order valence-corrected chi connectivity index (χ4v) is 0.250. The highest BCUT2D eigenvalue weighted by atomic mass is 16.6. The zero-order valence-electron chi connectivity index (χ0n) is 9.19. The van der Waals surface area contributed by atoms with Crippen molar-refractivity contribution < 1.29 is 4.84 Å². The molecule has 0 aliphatic carbocycles. The summed E-state index contributed by atoms with van der Waals surface area (Å²) in [7, 11) is 0. The number of nitrogens with one attached hydrogen (secondary N) is 1. The molecule has 0 aliphatic heterocycles. The first-order valence-electron chi connectivity index (χ1n) is 4.64. The van der Waals surface area contributed by atoms with Gasteiger partial charge >= 0.3 is 0 Å². The summed E-state index contributed by atoms with van der Waals surface area (Å²) in [6.07, 6.45) is 0. The second-order valence-corrected chi connectivity index (χ2v) is 1.71. The molecular formula is C9H25NO. The van der Waals surface area contributed by atoms with E-state index in [1.807, 2.05) is 48.5 Å². The van der Waals surface area contributed by atoms with Gasteiger partial charge in [0.05, 0.1) is 6.61 Å². The Kier molecular flexibility index (Phi) is 35.1. The van der Waals surface area contributed by atoms with Gasteiger partial charge in [-0.15, -0.1) is 0 Å². The van der Waals surface area contributed by atoms with Crippen LogP contribution in [0.2, 0.25) is 0 Å². The summed E-state index contributed by atoms with van der Waals surface area (Å²) in [4.78, 5) is 4.84. The molecule has 0 spiro atoms. The standard InChI is InChI=1S/C5H13NO.2C2H6/c1-4-7-6-5(2)3;2*1-2/h5-6H,4H2,1-3H3;2*1-2H3. The molecule has 0 atom stereocenters. The Labute approximate surface area is 72.3 Å². The molecule has 11 heavy (non-hydrogen) atoms. The SMILES string of the molecule is CC.CC.CCONC(C)C. The highest BCUT2D eigenvalue weighted by Crippen LogP contribution is 1.74. The van der Waals surface area contributed by atoms with E-state index in [0.29, 0.717) is 6.04 Å². The molecule has 0 aliphatic rings. The molecule has 2 heteroatoms. The van der Waals surface area contributed by atoms with Crippen molar-refractivity contribution in [2.45, 2.75) is 54.5 Å². The maximum absolute atomic E-state index is 4.84. The van der Waals surface area contributed by atoms with Crippen molar-refractivity contribution >= 4 is 0 Å². The van der Waals surface area contributed by atoms with Gasteiger partial charge < -0.3 is 4.84 Å². The molecule has 72 valence electrons. The molecule has 0 heterocycles. The molecule has 0 aromatic carbocycles. The van der Waals surface area contributed by atoms with Crippen LogP contribution in [0.4, 0.5) is 0 Å². The molecule has 0 aromatic heterocycles. The van der Waals surface area contributed by atoms with Crippen molar-refractivity contribution in [2.24, 2.45) is 0 Å². The summed E-state index contributed by atoms with van der Waals surface area (Å²) in [5.41, 5.74) is 2.80. The van der Waals surface area contributed by atoms with Crippen LogP contribution in [-0.4, -0.2) is 12.6 Å². The monoisotopic (exact) mass is 163 g/mol. The van der Waals surface area contributed by atoms with Crippen molar-refractivity contribution in [3.05, 3.63) is 0 Å². The summed E-state index contributed by atoms with van der Waals surface area (Å²) in [5, 5.41) is 0. The third-order valence-corrected chi connectivity index (χ3v) is 0.463. The van der Waals surface area contributed by atoms with E-state index in [1.54, 1.807) is 0 Å². The van der Waals surface area contributed by atoms with Gasteiger partial charge in [0.1, 0.15) is 0 Å². The van der Waals surface area contributed by atoms with Crippen LogP contribution < -0.4 is 5.48 Å². The van der Waals surface area contributed by atoms with Crippen LogP contribution in [-0.2, 0) is 4.84 Å². The smallest absolute Gasteiger partial charge is 0.0654 e. The van der Waals surface area contributed by atoms with Gasteiger partial charge in [-0.2, -0.15) is 0 Å². The van der Waals surface area contributed by atoms with Crippen LogP contribution in [0.25, 0.3) is 0 Å². The van der Waals surface area contributed by atoms with E-state index in [9.17, 15) is 0 Å². The Morgan fingerprint density at radius 1 is 1.09 bits per heavy atom. The third kappa shape index (κ3) is 40.5. The van der Waals surface area contributed by atoms with E-state index >= 15 is 0 Å². The molecule has 0 fully saturated rings. The fraction of sp³-hybridized carbons (Fsp3) is 1.00. The van der Waals surface area contributed by atoms with Crippen LogP contribution in [0.3, 0.4) is 0 Å². The van der Waals surface area contributed by atoms with Crippen LogP contribution in [0.5, 0.6) is 0 Å². The molecule has 0 saturated carbocycles. The lowest BCUT2D eigenvalue weighted by atomic mass is 10.4. The normalized spacial score (nSPS) is 7.64. The minimum atomic E-state index is 0.431. The quantitative estimate of drug-likeness (QED) is 0.646. The summed E-state index contributed by atoms with van der Waals surface area (Å²) < 4.78 is 0. The molecular weight excluding hydrogens is 138 g/mol. The van der Waals surface area contributed by atoms with Gasteiger partial charge in [0.2, 0.25) is 0 Å². The van der Waals surface area contributed by atoms with Crippen molar-refractivity contribution in [1.29, 1.82) is 0 Å². The fourth-order valence-electron chi connectivity index (χ4n) is 0.250. The topological polar surface area (TPSA) is 21.3 Å². The molecule has 0 saturated heterocycles. The summed E-state index contributed by atoms with van der Waals surface area (Å²) in [5.74, 6) is 0. The van der Waals surface area contributed by atoms with Crippen LogP contribution in [0.1, 0.15) is 48.5 Å². The molecule has 0 aromatic rings. The number of rotatable bonds is 3. The molecule has 0 radical (unpaired) electrons. The maximum Gasteiger partial charge on any atom is 0.0654 e. The summed E-state index contributed by atoms with van der Waals surface area (Å²) >= 11 is 0. The molecule has 0 amide bonds. The third-order valence-electron chi connectivity index (χ3n) is 0.463. The second-order valence-electron chi connectivity index (χ2n) is 1.71. The van der Waals surface area contributed by atoms with Crippen LogP contribution >= 0.6 is 0 Å². The highest BCUT2D eigenvalue weighted by Gasteiger charge is 1.85. The number of hydrogen-bond donors (Lipinski definition) is 1. The van der Waals surface area contributed by atoms with Gasteiger partial charge in [0, 0.05) is 6.04 Å². The van der Waals surface area contributed by atoms with Crippen molar-refractivity contribution in [3.63, 3.8) is 0 Å². The Hall–Kier alpha value is -0.0800. The van der Waals surface area contributed by atoms with Crippen molar-refractivity contribution in [3.8, 4) is 0 Å². The minimum absolute atomic E-state index is 0.431. The second kappa shape index (κ2) is 22.5. The van der Waals surface area contributed by atoms with Crippen molar-refractivity contribution in [1.82, 2.24) is 5.48 Å². The first-order chi connectivity index (χ1) is 5.27. The Balaban J connectivity index is -0.000000138. The van der Waals surface area contributed by atoms with E-state index in [4.69, 9.17) is 4.84 Å². The molecule has 0 unspecified atom stereocenters. The minimum Gasteiger partial charge on any atom is -0.302 e. The lowest BCUT2D eigenvalue weighted by Crippen LogP contribution is -2.22. The van der Waals surface area contributed by atoms with E-state index in [1.165, 1.54) is 0 Å². The van der Waals surface area contributed by atoms with Crippen molar-refractivity contribution in [2.75, 3.05) is 6.61 Å². The average Bonchev–Trinajstić information content (AvgIpc) is 2.08. The predicted molar refractivity (Wildman–Crippen MR) is 52.6 cm³/mol. The first kappa shape index (κ1) is 17.1. The average molecular weight is 163 g/mol. The highest BCUT2D eigenvalue weighted by molar-refractivity contribution is 4.37. The van der Waals surface area contributed by atoms with Gasteiger partial charge in [-0.05, 0) is 20.8 Å². The first-order valence-corrected chi connectivity index (χ1v) is 4.64. The van der Waals surface area contributed by atoms with Crippen LogP contribution in [0, 0.1) is 0 Å². The molecule has 2 nitrogen and oxygen atoms in total. The number of hydroxylamine groups is 1. The van der Waals surface area contributed by atoms with Gasteiger partial charge in [-0.25, -0.2) is 5.48 Å². The van der Waals surface area contributed by atoms with E-state index in [2.05, 4.69) is 5.48 Å². The summed E-state index contributed by atoms with van der Waals surface area (Å²) in [6.45, 7) is 14.8. The Morgan fingerprint density at radius 2 is 1.45 bits per heavy atom. The van der Waals surface area contributed by atoms with E-state index < -0.39 is 0 Å². The van der Waals surface area contributed by atoms with Gasteiger partial charge in [-0.3, -0.25) is 0 Å². The Morgan fingerprint density at radius 3 is 1.55 bits per heavy atom. The molecule has 0 rings (SSSR count). The van der Waals surface area contributed by atoms with Gasteiger partial charge in [0.15, 0.2) is 0 Å². The van der Waals surface area contributed by atoms with Crippen LogP contribution in [0.15, 0.2) is 0 Å². The van der Waals surface area contributed by atoms with Gasteiger partial charge in [0.25, 0.3) is 0 Å². The van der Waals surface area contributed by atoms with E-state index in [0.717, 1.165) is 6.61 Å². The largest absolute Gasteiger partial charge is 0.302 e. The Bertz CT molecular complexity index is 38.5. The van der Waals surface area contributed by atoms with E-state index in [-0.39, 0.29) is 0 Å². The summed E-state index contributed by atoms with van der Waals surface area (Å²) in [6, 6.07) is 0.431. The maximum atomic E-state index is 4.84. The lowest BCUT2D eigenvalue weighted by molar-refractivity contribution is 0.0331. The van der Waals surface area contributed by atoms with Gasteiger partial charge in [-0.1, -0.05) is 27.7 Å². The predicted octanol–water partition coefficient (Wildman–Crippen LogP) is 2.99. The zero-order valence-corrected chi connectivity index (χ0v) is 9.19. The zero-order chi connectivity index (χ0) is 9.70. The molecule has 0 bridgehead atoms. The molecule has 1 N–H and O–H groups in total. The lowest BCUT2D eigenvalue weighted by Gasteiger charge is -2.04.